The average molecular weight is 304 g/mol. The summed E-state index contributed by atoms with van der Waals surface area (Å²) in [6, 6.07) is 0. The molecule has 0 heterocycles. The van der Waals surface area contributed by atoms with E-state index in [1.807, 2.05) is 0 Å². The van der Waals surface area contributed by atoms with E-state index in [1.165, 1.54) is 0 Å². The largest absolute Gasteiger partial charge is 0.446 e. The van der Waals surface area contributed by atoms with E-state index in [2.05, 4.69) is 17.5 Å². The van der Waals surface area contributed by atoms with Gasteiger partial charge in [-0.1, -0.05) is 33.7 Å². The Morgan fingerprint density at radius 2 is 2.05 bits per heavy atom. The summed E-state index contributed by atoms with van der Waals surface area (Å²) in [5, 5.41) is 2.80. The minimum absolute atomic E-state index is 0.0734. The Morgan fingerprint density at radius 3 is 2.89 bits per heavy atom. The molecule has 0 aromatic rings. The van der Waals surface area contributed by atoms with Crippen LogP contribution in [0, 0.1) is 0 Å². The molecule has 1 unspecified atom stereocenters. The predicted octanol–water partition coefficient (Wildman–Crippen LogP) is 2.94. The van der Waals surface area contributed by atoms with Crippen LogP contribution in [0.15, 0.2) is 12.2 Å². The molecule has 0 spiro atoms. The lowest BCUT2D eigenvalue weighted by Crippen LogP contribution is -2.30. The van der Waals surface area contributed by atoms with Gasteiger partial charge in [0.25, 0.3) is 0 Å². The molecule has 19 heavy (non-hydrogen) atoms. The molecule has 6 heteroatoms. The van der Waals surface area contributed by atoms with Gasteiger partial charge in [-0.25, -0.2) is 4.79 Å². The average Bonchev–Trinajstić information content (AvgIpc) is 2.37. The standard InChI is InChI=1S/C13H24N2O2S2/c14-8-10-18-19-11-9-15-13(16)17-12-6-4-2-1-3-5-7-12/h1-2,12H,3-11,14H2,(H,15,16)/b2-1+. The number of nitrogens with two attached hydrogens (primary N) is 1. The number of hydrogen-bond donors (Lipinski definition) is 2. The van der Waals surface area contributed by atoms with Gasteiger partial charge in [0.1, 0.15) is 6.10 Å². The van der Waals surface area contributed by atoms with Crippen molar-refractivity contribution in [3.05, 3.63) is 12.2 Å². The van der Waals surface area contributed by atoms with Crippen LogP contribution in [0.5, 0.6) is 0 Å². The summed E-state index contributed by atoms with van der Waals surface area (Å²) in [4.78, 5) is 11.6. The highest BCUT2D eigenvalue weighted by Crippen LogP contribution is 2.19. The minimum Gasteiger partial charge on any atom is -0.446 e. The van der Waals surface area contributed by atoms with Crippen LogP contribution in [0.4, 0.5) is 4.79 Å². The molecule has 1 amide bonds. The van der Waals surface area contributed by atoms with E-state index < -0.39 is 0 Å². The molecule has 4 nitrogen and oxygen atoms in total. The molecule has 3 N–H and O–H groups in total. The number of carbonyl (C=O) groups is 1. The van der Waals surface area contributed by atoms with Crippen LogP contribution in [0.25, 0.3) is 0 Å². The quantitative estimate of drug-likeness (QED) is 0.430. The lowest BCUT2D eigenvalue weighted by Gasteiger charge is -2.18. The van der Waals surface area contributed by atoms with E-state index in [1.54, 1.807) is 21.6 Å². The molecule has 0 fully saturated rings. The molecule has 1 rings (SSSR count). The Morgan fingerprint density at radius 1 is 1.26 bits per heavy atom. The normalized spacial score (nSPS) is 21.2. The van der Waals surface area contributed by atoms with Gasteiger partial charge < -0.3 is 15.8 Å². The maximum atomic E-state index is 11.6. The Hall–Kier alpha value is -0.330. The van der Waals surface area contributed by atoms with Crippen LogP contribution >= 0.6 is 21.6 Å². The van der Waals surface area contributed by atoms with Gasteiger partial charge in [0.2, 0.25) is 0 Å². The Bertz CT molecular complexity index is 275. The van der Waals surface area contributed by atoms with Crippen molar-refractivity contribution in [2.24, 2.45) is 5.73 Å². The van der Waals surface area contributed by atoms with Crippen LogP contribution in [0.2, 0.25) is 0 Å². The molecule has 0 bridgehead atoms. The van der Waals surface area contributed by atoms with E-state index in [9.17, 15) is 4.79 Å². The van der Waals surface area contributed by atoms with Crippen molar-refractivity contribution >= 4 is 27.7 Å². The summed E-state index contributed by atoms with van der Waals surface area (Å²) in [7, 11) is 3.47. The third-order valence-corrected chi connectivity index (χ3v) is 5.17. The fraction of sp³-hybridized carbons (Fsp3) is 0.769. The first-order valence-electron chi connectivity index (χ1n) is 6.87. The lowest BCUT2D eigenvalue weighted by molar-refractivity contribution is 0.0869. The molecule has 0 aliphatic heterocycles. The highest BCUT2D eigenvalue weighted by molar-refractivity contribution is 8.76. The molecule has 110 valence electrons. The van der Waals surface area contributed by atoms with Gasteiger partial charge in [-0.05, 0) is 32.1 Å². The molecule has 0 radical (unpaired) electrons. The van der Waals surface area contributed by atoms with Crippen molar-refractivity contribution in [3.8, 4) is 0 Å². The number of carbonyl (C=O) groups excluding carboxylic acids is 1. The van der Waals surface area contributed by atoms with Gasteiger partial charge in [0, 0.05) is 24.6 Å². The summed E-state index contributed by atoms with van der Waals surface area (Å²) < 4.78 is 5.43. The van der Waals surface area contributed by atoms with E-state index in [4.69, 9.17) is 10.5 Å². The van der Waals surface area contributed by atoms with Gasteiger partial charge in [0.15, 0.2) is 0 Å². The van der Waals surface area contributed by atoms with Crippen molar-refractivity contribution in [1.29, 1.82) is 0 Å². The minimum atomic E-state index is -0.279. The fourth-order valence-corrected chi connectivity index (χ4v) is 3.56. The van der Waals surface area contributed by atoms with Crippen molar-refractivity contribution in [2.75, 3.05) is 24.6 Å². The summed E-state index contributed by atoms with van der Waals surface area (Å²) in [6.45, 7) is 1.34. The van der Waals surface area contributed by atoms with E-state index >= 15 is 0 Å². The second kappa shape index (κ2) is 11.5. The number of allylic oxidation sites excluding steroid dienone is 2. The maximum Gasteiger partial charge on any atom is 0.407 e. The van der Waals surface area contributed by atoms with Crippen LogP contribution in [0.3, 0.4) is 0 Å². The monoisotopic (exact) mass is 304 g/mol. The SMILES string of the molecule is NCCSSCCNC(=O)OC1CC/C=C/CCC1. The van der Waals surface area contributed by atoms with Gasteiger partial charge in [-0.3, -0.25) is 0 Å². The van der Waals surface area contributed by atoms with Gasteiger partial charge in [-0.2, -0.15) is 0 Å². The molecular weight excluding hydrogens is 280 g/mol. The second-order valence-electron chi connectivity index (χ2n) is 4.37. The van der Waals surface area contributed by atoms with Crippen LogP contribution in [0.1, 0.15) is 32.1 Å². The molecule has 1 atom stereocenters. The van der Waals surface area contributed by atoms with Gasteiger partial charge >= 0.3 is 6.09 Å². The third kappa shape index (κ3) is 9.24. The molecular formula is C13H24N2O2S2. The van der Waals surface area contributed by atoms with E-state index in [-0.39, 0.29) is 12.2 Å². The van der Waals surface area contributed by atoms with Crippen molar-refractivity contribution < 1.29 is 9.53 Å². The Labute approximate surface area is 123 Å². The smallest absolute Gasteiger partial charge is 0.407 e. The number of ether oxygens (including phenoxy) is 1. The van der Waals surface area contributed by atoms with Crippen molar-refractivity contribution in [1.82, 2.24) is 5.32 Å². The second-order valence-corrected chi connectivity index (χ2v) is 7.07. The van der Waals surface area contributed by atoms with Gasteiger partial charge in [0.05, 0.1) is 0 Å². The zero-order chi connectivity index (χ0) is 13.8. The third-order valence-electron chi connectivity index (χ3n) is 2.73. The first-order chi connectivity index (χ1) is 9.33. The summed E-state index contributed by atoms with van der Waals surface area (Å²) in [6.07, 6.45) is 9.29. The molecule has 0 aromatic carbocycles. The first-order valence-corrected chi connectivity index (χ1v) is 9.35. The van der Waals surface area contributed by atoms with Gasteiger partial charge in [-0.15, -0.1) is 0 Å². The lowest BCUT2D eigenvalue weighted by atomic mass is 10.0. The zero-order valence-corrected chi connectivity index (χ0v) is 12.9. The van der Waals surface area contributed by atoms with Crippen LogP contribution in [-0.2, 0) is 4.74 Å². The molecule has 1 aliphatic carbocycles. The number of amides is 1. The van der Waals surface area contributed by atoms with Crippen LogP contribution < -0.4 is 11.1 Å². The predicted molar refractivity (Wildman–Crippen MR) is 84.5 cm³/mol. The summed E-state index contributed by atoms with van der Waals surface area (Å²) >= 11 is 0. The maximum absolute atomic E-state index is 11.6. The van der Waals surface area contributed by atoms with Crippen molar-refractivity contribution in [3.63, 3.8) is 0 Å². The van der Waals surface area contributed by atoms with E-state index in [0.717, 1.165) is 43.6 Å². The molecule has 0 saturated carbocycles. The summed E-state index contributed by atoms with van der Waals surface area (Å²) in [5.74, 6) is 1.83. The zero-order valence-electron chi connectivity index (χ0n) is 11.3. The summed E-state index contributed by atoms with van der Waals surface area (Å²) in [5.41, 5.74) is 5.39. The number of hydrogen-bond acceptors (Lipinski definition) is 5. The first kappa shape index (κ1) is 16.7. The molecule has 1 aliphatic rings. The Balaban J connectivity index is 2.04. The number of nitrogens with one attached hydrogen (secondary N) is 1. The number of rotatable bonds is 7. The highest BCUT2D eigenvalue weighted by atomic mass is 33.1. The highest BCUT2D eigenvalue weighted by Gasteiger charge is 2.14. The number of alkyl carbamates (subject to hydrolysis) is 1. The molecule has 0 aromatic heterocycles. The van der Waals surface area contributed by atoms with Crippen LogP contribution in [-0.4, -0.2) is 36.8 Å². The molecule has 0 saturated heterocycles. The topological polar surface area (TPSA) is 64.3 Å². The van der Waals surface area contributed by atoms with E-state index in [0.29, 0.717) is 13.1 Å². The Kier molecular flexibility index (Phi) is 10.1. The van der Waals surface area contributed by atoms with Crippen molar-refractivity contribution in [2.45, 2.75) is 38.2 Å². The fourth-order valence-electron chi connectivity index (χ4n) is 1.80.